The van der Waals surface area contributed by atoms with Crippen LogP contribution in [0.15, 0.2) is 4.21 Å². The van der Waals surface area contributed by atoms with Gasteiger partial charge < -0.3 is 15.2 Å². The fourth-order valence-electron chi connectivity index (χ4n) is 3.19. The van der Waals surface area contributed by atoms with Crippen LogP contribution >= 0.6 is 11.3 Å². The fourth-order valence-corrected chi connectivity index (χ4v) is 6.44. The zero-order valence-electron chi connectivity index (χ0n) is 13.6. The van der Waals surface area contributed by atoms with Crippen molar-refractivity contribution < 1.29 is 23.1 Å². The number of carboxylic acid groups (broad SMARTS) is 1. The van der Waals surface area contributed by atoms with E-state index in [4.69, 9.17) is 4.74 Å². The number of thiophene rings is 1. The molecule has 2 aliphatic heterocycles. The largest absolute Gasteiger partial charge is 0.478 e. The van der Waals surface area contributed by atoms with Gasteiger partial charge in [0.15, 0.2) is 0 Å². The van der Waals surface area contributed by atoms with Gasteiger partial charge in [0.2, 0.25) is 0 Å². The van der Waals surface area contributed by atoms with Crippen LogP contribution in [0, 0.1) is 0 Å². The Balaban J connectivity index is 1.91. The van der Waals surface area contributed by atoms with Gasteiger partial charge in [0.1, 0.15) is 4.21 Å². The van der Waals surface area contributed by atoms with Crippen molar-refractivity contribution in [3.8, 4) is 0 Å². The SMILES string of the molecule is CN(C[C@@H]1CCCCO1)S(=O)(=O)c1sc2c(c1C(=O)O)CCNC2. The van der Waals surface area contributed by atoms with Gasteiger partial charge in [0, 0.05) is 31.6 Å². The number of hydrogen-bond donors (Lipinski definition) is 2. The molecule has 7 nitrogen and oxygen atoms in total. The average molecular weight is 374 g/mol. The molecule has 1 saturated heterocycles. The van der Waals surface area contributed by atoms with Gasteiger partial charge in [-0.25, -0.2) is 13.2 Å². The Morgan fingerprint density at radius 3 is 2.92 bits per heavy atom. The molecule has 0 aromatic carbocycles. The highest BCUT2D eigenvalue weighted by Gasteiger charge is 2.35. The maximum absolute atomic E-state index is 12.9. The third-order valence-electron chi connectivity index (χ3n) is 4.49. The zero-order chi connectivity index (χ0) is 17.3. The lowest BCUT2D eigenvalue weighted by Gasteiger charge is -2.26. The van der Waals surface area contributed by atoms with Gasteiger partial charge in [-0.3, -0.25) is 0 Å². The summed E-state index contributed by atoms with van der Waals surface area (Å²) in [6.45, 7) is 2.08. The lowest BCUT2D eigenvalue weighted by Crippen LogP contribution is -2.37. The molecule has 2 N–H and O–H groups in total. The Bertz CT molecular complexity index is 722. The zero-order valence-corrected chi connectivity index (χ0v) is 15.2. The first-order chi connectivity index (χ1) is 11.4. The molecule has 0 radical (unpaired) electrons. The minimum atomic E-state index is -3.84. The summed E-state index contributed by atoms with van der Waals surface area (Å²) in [7, 11) is -2.35. The predicted molar refractivity (Wildman–Crippen MR) is 90.1 cm³/mol. The second kappa shape index (κ2) is 7.09. The van der Waals surface area contributed by atoms with E-state index < -0.39 is 16.0 Å². The van der Waals surface area contributed by atoms with Crippen LogP contribution in [-0.4, -0.2) is 56.6 Å². The van der Waals surface area contributed by atoms with Crippen LogP contribution in [0.3, 0.4) is 0 Å². The van der Waals surface area contributed by atoms with Gasteiger partial charge in [-0.15, -0.1) is 11.3 Å². The van der Waals surface area contributed by atoms with Crippen LogP contribution in [0.4, 0.5) is 0 Å². The van der Waals surface area contributed by atoms with E-state index in [2.05, 4.69) is 5.32 Å². The van der Waals surface area contributed by atoms with Crippen molar-refractivity contribution >= 4 is 27.3 Å². The van der Waals surface area contributed by atoms with Crippen LogP contribution in [0.2, 0.25) is 0 Å². The molecule has 3 rings (SSSR count). The number of aromatic carboxylic acids is 1. The second-order valence-corrected chi connectivity index (χ2v) is 9.52. The van der Waals surface area contributed by atoms with Gasteiger partial charge in [-0.2, -0.15) is 4.31 Å². The van der Waals surface area contributed by atoms with Gasteiger partial charge >= 0.3 is 5.97 Å². The van der Waals surface area contributed by atoms with Crippen molar-refractivity contribution in [3.63, 3.8) is 0 Å². The highest BCUT2D eigenvalue weighted by Crippen LogP contribution is 2.36. The number of carbonyl (C=O) groups is 1. The predicted octanol–water partition coefficient (Wildman–Crippen LogP) is 1.28. The molecule has 0 spiro atoms. The number of fused-ring (bicyclic) bond motifs is 1. The van der Waals surface area contributed by atoms with Gasteiger partial charge in [0.25, 0.3) is 10.0 Å². The normalized spacial score (nSPS) is 21.7. The molecule has 2 aliphatic rings. The molecular formula is C15H22N2O5S2. The summed E-state index contributed by atoms with van der Waals surface area (Å²) in [5.41, 5.74) is 0.611. The second-order valence-electron chi connectivity index (χ2n) is 6.17. The Hall–Kier alpha value is -1.00. The molecule has 9 heteroatoms. The number of likely N-dealkylation sites (N-methyl/N-ethyl adjacent to an activating group) is 1. The molecule has 1 aromatic rings. The molecule has 0 bridgehead atoms. The minimum Gasteiger partial charge on any atom is -0.478 e. The van der Waals surface area contributed by atoms with Crippen molar-refractivity contribution in [3.05, 3.63) is 16.0 Å². The van der Waals surface area contributed by atoms with E-state index in [-0.39, 0.29) is 22.4 Å². The third kappa shape index (κ3) is 3.36. The summed E-state index contributed by atoms with van der Waals surface area (Å²) < 4.78 is 32.7. The quantitative estimate of drug-likeness (QED) is 0.806. The molecule has 0 saturated carbocycles. The van der Waals surface area contributed by atoms with Gasteiger partial charge in [-0.1, -0.05) is 0 Å². The minimum absolute atomic E-state index is 0.0482. The summed E-state index contributed by atoms with van der Waals surface area (Å²) in [5, 5.41) is 12.7. The summed E-state index contributed by atoms with van der Waals surface area (Å²) in [5.74, 6) is -1.17. The molecule has 0 aliphatic carbocycles. The highest BCUT2D eigenvalue weighted by atomic mass is 32.2. The van der Waals surface area contributed by atoms with Crippen molar-refractivity contribution in [2.75, 3.05) is 26.7 Å². The third-order valence-corrected chi connectivity index (χ3v) is 8.04. The van der Waals surface area contributed by atoms with Crippen LogP contribution in [0.5, 0.6) is 0 Å². The molecule has 24 heavy (non-hydrogen) atoms. The Labute approximate surface area is 145 Å². The Morgan fingerprint density at radius 2 is 2.25 bits per heavy atom. The number of hydrogen-bond acceptors (Lipinski definition) is 6. The first kappa shape index (κ1) is 17.8. The molecule has 0 amide bonds. The maximum atomic E-state index is 12.9. The first-order valence-corrected chi connectivity index (χ1v) is 10.3. The van der Waals surface area contributed by atoms with Gasteiger partial charge in [-0.05, 0) is 37.8 Å². The van der Waals surface area contributed by atoms with E-state index >= 15 is 0 Å². The molecule has 3 heterocycles. The molecule has 0 unspecified atom stereocenters. The summed E-state index contributed by atoms with van der Waals surface area (Å²) in [6, 6.07) is 0. The van der Waals surface area contributed by atoms with E-state index in [1.54, 1.807) is 0 Å². The van der Waals surface area contributed by atoms with E-state index in [0.29, 0.717) is 31.7 Å². The van der Waals surface area contributed by atoms with Crippen molar-refractivity contribution in [2.24, 2.45) is 0 Å². The maximum Gasteiger partial charge on any atom is 0.338 e. The van der Waals surface area contributed by atoms with E-state index in [9.17, 15) is 18.3 Å². The van der Waals surface area contributed by atoms with Crippen molar-refractivity contribution in [1.82, 2.24) is 9.62 Å². The Kier molecular flexibility index (Phi) is 5.26. The van der Waals surface area contributed by atoms with Crippen LogP contribution in [0.1, 0.15) is 40.1 Å². The molecule has 1 aromatic heterocycles. The number of nitrogens with zero attached hydrogens (tertiary/aromatic N) is 1. The summed E-state index contributed by atoms with van der Waals surface area (Å²) >= 11 is 1.07. The highest BCUT2D eigenvalue weighted by molar-refractivity contribution is 7.91. The monoisotopic (exact) mass is 374 g/mol. The molecule has 1 fully saturated rings. The van der Waals surface area contributed by atoms with Gasteiger partial charge in [0.05, 0.1) is 11.7 Å². The standard InChI is InChI=1S/C15H22N2O5S2/c1-17(9-10-4-2-3-7-22-10)24(20,21)15-13(14(18)19)11-5-6-16-8-12(11)23-15/h10,16H,2-9H2,1H3,(H,18,19)/t10-/m0/s1. The summed E-state index contributed by atoms with van der Waals surface area (Å²) in [6.07, 6.45) is 3.27. The number of carboxylic acids is 1. The van der Waals surface area contributed by atoms with Crippen LogP contribution < -0.4 is 5.32 Å². The van der Waals surface area contributed by atoms with E-state index in [0.717, 1.165) is 35.5 Å². The average Bonchev–Trinajstić information content (AvgIpc) is 2.96. The number of nitrogens with one attached hydrogen (secondary N) is 1. The lowest BCUT2D eigenvalue weighted by molar-refractivity contribution is 0.00860. The number of rotatable bonds is 5. The Morgan fingerprint density at radius 1 is 1.46 bits per heavy atom. The first-order valence-electron chi connectivity index (χ1n) is 8.07. The topological polar surface area (TPSA) is 95.9 Å². The molecule has 134 valence electrons. The number of ether oxygens (including phenoxy) is 1. The van der Waals surface area contributed by atoms with Crippen LogP contribution in [-0.2, 0) is 27.7 Å². The van der Waals surface area contributed by atoms with Crippen molar-refractivity contribution in [2.45, 2.75) is 42.5 Å². The lowest BCUT2D eigenvalue weighted by atomic mass is 10.1. The van der Waals surface area contributed by atoms with E-state index in [1.807, 2.05) is 0 Å². The smallest absolute Gasteiger partial charge is 0.338 e. The van der Waals surface area contributed by atoms with Crippen LogP contribution in [0.25, 0.3) is 0 Å². The number of sulfonamides is 1. The molecule has 1 atom stereocenters. The van der Waals surface area contributed by atoms with Crippen molar-refractivity contribution in [1.29, 1.82) is 0 Å². The fraction of sp³-hybridized carbons (Fsp3) is 0.667. The van der Waals surface area contributed by atoms with E-state index in [1.165, 1.54) is 11.4 Å². The summed E-state index contributed by atoms with van der Waals surface area (Å²) in [4.78, 5) is 12.5. The molecular weight excluding hydrogens is 352 g/mol.